The number of fused-ring (bicyclic) bond motifs is 2. The van der Waals surface area contributed by atoms with Crippen LogP contribution in [-0.2, 0) is 4.74 Å². The summed E-state index contributed by atoms with van der Waals surface area (Å²) in [5.41, 5.74) is 3.07. The van der Waals surface area contributed by atoms with E-state index in [1.165, 1.54) is 12.0 Å². The lowest BCUT2D eigenvalue weighted by Gasteiger charge is -2.23. The SMILES string of the molecule is C=CCOc1ccc(C2c3c(oc4cc(C)c(C)cc4c3=O)C(=O)N2c2nc(C)c(C(=O)OC)s2)cc1OCC. The highest BCUT2D eigenvalue weighted by atomic mass is 32.1. The second-order valence-electron chi connectivity index (χ2n) is 9.33. The van der Waals surface area contributed by atoms with E-state index in [1.807, 2.05) is 20.8 Å². The molecule has 206 valence electrons. The third-order valence-electron chi connectivity index (χ3n) is 6.79. The minimum Gasteiger partial charge on any atom is -0.490 e. The molecule has 1 atom stereocenters. The molecular formula is C30H28N2O7S. The Labute approximate surface area is 234 Å². The number of hydrogen-bond acceptors (Lipinski definition) is 9. The smallest absolute Gasteiger partial charge is 0.350 e. The summed E-state index contributed by atoms with van der Waals surface area (Å²) in [7, 11) is 1.28. The van der Waals surface area contributed by atoms with Crippen molar-refractivity contribution in [2.45, 2.75) is 33.7 Å². The molecule has 0 N–H and O–H groups in total. The molecule has 1 aliphatic heterocycles. The number of aryl methyl sites for hydroxylation is 3. The molecule has 1 unspecified atom stereocenters. The monoisotopic (exact) mass is 560 g/mol. The molecule has 3 heterocycles. The van der Waals surface area contributed by atoms with E-state index in [0.29, 0.717) is 40.3 Å². The number of nitrogens with zero attached hydrogens (tertiary/aromatic N) is 2. The molecular weight excluding hydrogens is 532 g/mol. The molecule has 4 aromatic rings. The molecule has 0 saturated heterocycles. The zero-order valence-corrected chi connectivity index (χ0v) is 23.6. The lowest BCUT2D eigenvalue weighted by atomic mass is 9.97. The molecule has 0 bridgehead atoms. The van der Waals surface area contributed by atoms with Crippen LogP contribution in [-0.4, -0.2) is 37.2 Å². The van der Waals surface area contributed by atoms with Gasteiger partial charge < -0.3 is 18.6 Å². The van der Waals surface area contributed by atoms with Gasteiger partial charge in [-0.25, -0.2) is 9.78 Å². The molecule has 0 fully saturated rings. The predicted molar refractivity (Wildman–Crippen MR) is 152 cm³/mol. The third kappa shape index (κ3) is 4.44. The Morgan fingerprint density at radius 2 is 1.88 bits per heavy atom. The highest BCUT2D eigenvalue weighted by Gasteiger charge is 2.45. The fourth-order valence-corrected chi connectivity index (χ4v) is 5.75. The fraction of sp³-hybridized carbons (Fsp3) is 0.267. The van der Waals surface area contributed by atoms with E-state index in [1.54, 1.807) is 43.3 Å². The van der Waals surface area contributed by atoms with Crippen molar-refractivity contribution in [3.05, 3.63) is 91.8 Å². The van der Waals surface area contributed by atoms with Crippen LogP contribution in [0.2, 0.25) is 0 Å². The van der Waals surface area contributed by atoms with Gasteiger partial charge in [0.25, 0.3) is 5.91 Å². The van der Waals surface area contributed by atoms with Crippen LogP contribution in [0, 0.1) is 20.8 Å². The number of aromatic nitrogens is 1. The van der Waals surface area contributed by atoms with Gasteiger partial charge in [0.1, 0.15) is 17.1 Å². The van der Waals surface area contributed by atoms with E-state index < -0.39 is 17.9 Å². The summed E-state index contributed by atoms with van der Waals surface area (Å²) in [5.74, 6) is -0.216. The van der Waals surface area contributed by atoms with E-state index in [9.17, 15) is 14.4 Å². The Morgan fingerprint density at radius 3 is 2.58 bits per heavy atom. The molecule has 2 aromatic heterocycles. The highest BCUT2D eigenvalue weighted by Crippen LogP contribution is 2.45. The molecule has 2 aromatic carbocycles. The number of thiazole rings is 1. The Hall–Kier alpha value is -4.44. The van der Waals surface area contributed by atoms with E-state index in [0.717, 1.165) is 22.5 Å². The molecule has 9 nitrogen and oxygen atoms in total. The highest BCUT2D eigenvalue weighted by molar-refractivity contribution is 7.17. The third-order valence-corrected chi connectivity index (χ3v) is 7.93. The van der Waals surface area contributed by atoms with Gasteiger partial charge in [-0.05, 0) is 68.7 Å². The number of rotatable bonds is 8. The van der Waals surface area contributed by atoms with E-state index >= 15 is 0 Å². The van der Waals surface area contributed by atoms with E-state index in [-0.39, 0.29) is 33.4 Å². The van der Waals surface area contributed by atoms with Crippen LogP contribution in [0.15, 0.2) is 52.2 Å². The van der Waals surface area contributed by atoms with Crippen LogP contribution < -0.4 is 19.8 Å². The fourth-order valence-electron chi connectivity index (χ4n) is 4.74. The lowest BCUT2D eigenvalue weighted by molar-refractivity contribution is 0.0605. The summed E-state index contributed by atoms with van der Waals surface area (Å²) in [4.78, 5) is 46.6. The number of amides is 1. The standard InChI is InChI=1S/C30H28N2O7S/c1-7-11-38-20-10-9-18(14-22(20)37-8-2)24-23-25(33)19-12-15(3)16(4)13-21(19)39-26(23)28(34)32(24)30-31-17(5)27(40-30)29(35)36-6/h7,9-10,12-14,24H,1,8,11H2,2-6H3. The molecule has 0 spiro atoms. The Bertz CT molecular complexity index is 1740. The van der Waals surface area contributed by atoms with Crippen LogP contribution in [0.5, 0.6) is 11.5 Å². The Kier molecular flexibility index (Phi) is 7.20. The number of methoxy groups -OCH3 is 1. The molecule has 0 aliphatic carbocycles. The molecule has 0 radical (unpaired) electrons. The molecule has 40 heavy (non-hydrogen) atoms. The average Bonchev–Trinajstić information content (AvgIpc) is 3.46. The van der Waals surface area contributed by atoms with Gasteiger partial charge >= 0.3 is 5.97 Å². The van der Waals surface area contributed by atoms with Crippen LogP contribution in [0.4, 0.5) is 5.13 Å². The number of carbonyl (C=O) groups excluding carboxylic acids is 2. The predicted octanol–water partition coefficient (Wildman–Crippen LogP) is 5.67. The number of anilines is 1. The Morgan fingerprint density at radius 1 is 1.12 bits per heavy atom. The van der Waals surface area contributed by atoms with E-state index in [2.05, 4.69) is 11.6 Å². The van der Waals surface area contributed by atoms with Crippen LogP contribution >= 0.6 is 11.3 Å². The molecule has 5 rings (SSSR count). The summed E-state index contributed by atoms with van der Waals surface area (Å²) in [6, 6.07) is 7.89. The maximum Gasteiger partial charge on any atom is 0.350 e. The van der Waals surface area contributed by atoms with Gasteiger partial charge in [0.2, 0.25) is 5.76 Å². The van der Waals surface area contributed by atoms with Crippen molar-refractivity contribution in [2.24, 2.45) is 0 Å². The van der Waals surface area contributed by atoms with Crippen molar-refractivity contribution in [2.75, 3.05) is 25.2 Å². The number of hydrogen-bond donors (Lipinski definition) is 0. The van der Waals surface area contributed by atoms with Crippen molar-refractivity contribution >= 4 is 39.3 Å². The first-order valence-corrected chi connectivity index (χ1v) is 13.5. The summed E-state index contributed by atoms with van der Waals surface area (Å²) < 4.78 is 22.6. The second kappa shape index (κ2) is 10.6. The van der Waals surface area contributed by atoms with Gasteiger partial charge in [-0.15, -0.1) is 0 Å². The van der Waals surface area contributed by atoms with Crippen molar-refractivity contribution in [1.29, 1.82) is 0 Å². The van der Waals surface area contributed by atoms with Gasteiger partial charge in [0, 0.05) is 0 Å². The number of benzene rings is 2. The van der Waals surface area contributed by atoms with E-state index in [4.69, 9.17) is 18.6 Å². The van der Waals surface area contributed by atoms with Crippen molar-refractivity contribution in [3.8, 4) is 11.5 Å². The minimum absolute atomic E-state index is 0.0665. The molecule has 10 heteroatoms. The largest absolute Gasteiger partial charge is 0.490 e. The summed E-state index contributed by atoms with van der Waals surface area (Å²) in [6.07, 6.45) is 1.63. The first-order chi connectivity index (χ1) is 19.2. The maximum atomic E-state index is 14.0. The van der Waals surface area contributed by atoms with Gasteiger partial charge in [0.05, 0.1) is 36.4 Å². The minimum atomic E-state index is -0.895. The molecule has 1 amide bonds. The topological polar surface area (TPSA) is 108 Å². The summed E-state index contributed by atoms with van der Waals surface area (Å²) >= 11 is 1.01. The van der Waals surface area contributed by atoms with Gasteiger partial charge in [0.15, 0.2) is 22.1 Å². The van der Waals surface area contributed by atoms with Crippen molar-refractivity contribution in [1.82, 2.24) is 4.98 Å². The van der Waals surface area contributed by atoms with Crippen molar-refractivity contribution < 1.29 is 28.2 Å². The number of carbonyl (C=O) groups is 2. The Balaban J connectivity index is 1.77. The summed E-state index contributed by atoms with van der Waals surface area (Å²) in [6.45, 7) is 11.7. The van der Waals surface area contributed by atoms with Gasteiger partial charge in [-0.3, -0.25) is 14.5 Å². The molecule has 0 saturated carbocycles. The average molecular weight is 561 g/mol. The normalized spacial score (nSPS) is 14.4. The number of ether oxygens (including phenoxy) is 3. The quantitative estimate of drug-likeness (QED) is 0.200. The van der Waals surface area contributed by atoms with Gasteiger partial charge in [-0.2, -0.15) is 0 Å². The van der Waals surface area contributed by atoms with Crippen LogP contribution in [0.3, 0.4) is 0 Å². The molecule has 1 aliphatic rings. The number of esters is 1. The van der Waals surface area contributed by atoms with Crippen molar-refractivity contribution in [3.63, 3.8) is 0 Å². The van der Waals surface area contributed by atoms with Crippen LogP contribution in [0.25, 0.3) is 11.0 Å². The maximum absolute atomic E-state index is 14.0. The lowest BCUT2D eigenvalue weighted by Crippen LogP contribution is -2.29. The zero-order chi connectivity index (χ0) is 28.7. The zero-order valence-electron chi connectivity index (χ0n) is 22.8. The first kappa shape index (κ1) is 27.1. The second-order valence-corrected chi connectivity index (χ2v) is 10.3. The van der Waals surface area contributed by atoms with Gasteiger partial charge in [-0.1, -0.05) is 30.1 Å². The summed E-state index contributed by atoms with van der Waals surface area (Å²) in [5, 5.41) is 0.614. The first-order valence-electron chi connectivity index (χ1n) is 12.7. The van der Waals surface area contributed by atoms with Crippen LogP contribution in [0.1, 0.15) is 61.1 Å².